The van der Waals surface area contributed by atoms with Crippen molar-refractivity contribution in [2.45, 2.75) is 0 Å². The minimum atomic E-state index is -0.498. The molecule has 0 aliphatic rings. The van der Waals surface area contributed by atoms with Gasteiger partial charge >= 0.3 is 5.97 Å². The van der Waals surface area contributed by atoms with Crippen molar-refractivity contribution in [3.05, 3.63) is 124 Å². The van der Waals surface area contributed by atoms with Gasteiger partial charge in [-0.15, -0.1) is 0 Å². The molecule has 1 N–H and O–H groups in total. The second kappa shape index (κ2) is 10.2. The largest absolute Gasteiger partial charge is 0.422 e. The van der Waals surface area contributed by atoms with Gasteiger partial charge in [0.05, 0.1) is 22.4 Å². The highest BCUT2D eigenvalue weighted by atomic mass is 35.5. The van der Waals surface area contributed by atoms with Gasteiger partial charge in [0.2, 0.25) is 0 Å². The first-order valence-corrected chi connectivity index (χ1v) is 11.8. The topological polar surface area (TPSA) is 67.8 Å². The summed E-state index contributed by atoms with van der Waals surface area (Å²) in [6.07, 6.45) is 1.45. The first-order valence-electron chi connectivity index (χ1n) is 11.0. The molecule has 176 valence electrons. The normalized spacial score (nSPS) is 11.2. The highest BCUT2D eigenvalue weighted by Crippen LogP contribution is 2.29. The third-order valence-corrected chi connectivity index (χ3v) is 6.23. The lowest BCUT2D eigenvalue weighted by atomic mass is 10.0. The number of ether oxygens (including phenoxy) is 1. The Kier molecular flexibility index (Phi) is 6.67. The van der Waals surface area contributed by atoms with Crippen LogP contribution >= 0.6 is 23.2 Å². The van der Waals surface area contributed by atoms with Gasteiger partial charge in [-0.1, -0.05) is 89.9 Å². The molecule has 0 bridgehead atoms. The van der Waals surface area contributed by atoms with E-state index in [1.54, 1.807) is 18.2 Å². The molecule has 0 atom stereocenters. The Morgan fingerprint density at radius 2 is 1.44 bits per heavy atom. The van der Waals surface area contributed by atoms with Gasteiger partial charge < -0.3 is 4.74 Å². The van der Waals surface area contributed by atoms with E-state index in [1.807, 2.05) is 66.7 Å². The van der Waals surface area contributed by atoms with Gasteiger partial charge in [-0.2, -0.15) is 5.10 Å². The zero-order valence-electron chi connectivity index (χ0n) is 18.7. The minimum absolute atomic E-state index is 0.213. The van der Waals surface area contributed by atoms with Crippen LogP contribution in [-0.2, 0) is 0 Å². The third-order valence-electron chi connectivity index (χ3n) is 5.68. The molecule has 7 heteroatoms. The Morgan fingerprint density at radius 1 is 0.750 bits per heavy atom. The van der Waals surface area contributed by atoms with Gasteiger partial charge in [0.25, 0.3) is 5.91 Å². The van der Waals surface area contributed by atoms with Crippen LogP contribution in [0.2, 0.25) is 10.0 Å². The molecule has 0 radical (unpaired) electrons. The minimum Gasteiger partial charge on any atom is -0.422 e. The highest BCUT2D eigenvalue weighted by molar-refractivity contribution is 6.36. The maximum Gasteiger partial charge on any atom is 0.344 e. The lowest BCUT2D eigenvalue weighted by molar-refractivity contribution is 0.0736. The Bertz CT molecular complexity index is 1660. The van der Waals surface area contributed by atoms with Crippen molar-refractivity contribution >= 4 is 62.8 Å². The number of amides is 1. The van der Waals surface area contributed by atoms with Gasteiger partial charge in [-0.05, 0) is 51.9 Å². The van der Waals surface area contributed by atoms with Crippen LogP contribution in [0.25, 0.3) is 21.5 Å². The standard InChI is InChI=1S/C29H18Cl2N2O3/c30-20-13-14-24(26(31)16-20)28(34)33-32-17-25-22-10-4-2-7-19(22)12-15-27(25)36-29(35)23-11-5-8-18-6-1-3-9-21(18)23/h1-17H,(H,33,34)/b32-17-. The monoisotopic (exact) mass is 512 g/mol. The summed E-state index contributed by atoms with van der Waals surface area (Å²) >= 11 is 12.0. The molecular formula is C29H18Cl2N2O3. The second-order valence-electron chi connectivity index (χ2n) is 7.94. The SMILES string of the molecule is O=C(N/N=C\c1c(OC(=O)c2cccc3ccccc23)ccc2ccccc12)c1ccc(Cl)cc1Cl. The number of carbonyl (C=O) groups excluding carboxylic acids is 2. The summed E-state index contributed by atoms with van der Waals surface area (Å²) in [7, 11) is 0. The number of nitrogens with zero attached hydrogens (tertiary/aromatic N) is 1. The van der Waals surface area contributed by atoms with Crippen molar-refractivity contribution in [3.8, 4) is 5.75 Å². The van der Waals surface area contributed by atoms with E-state index in [0.29, 0.717) is 21.9 Å². The quantitative estimate of drug-likeness (QED) is 0.116. The zero-order chi connectivity index (χ0) is 25.1. The summed E-state index contributed by atoms with van der Waals surface area (Å²) in [5.41, 5.74) is 3.71. The Morgan fingerprint density at radius 3 is 2.22 bits per heavy atom. The third kappa shape index (κ3) is 4.80. The van der Waals surface area contributed by atoms with E-state index in [9.17, 15) is 9.59 Å². The number of hydrogen-bond donors (Lipinski definition) is 1. The van der Waals surface area contributed by atoms with Crippen LogP contribution in [0.3, 0.4) is 0 Å². The maximum absolute atomic E-state index is 13.2. The van der Waals surface area contributed by atoms with Crippen molar-refractivity contribution in [1.82, 2.24) is 5.43 Å². The molecule has 5 nitrogen and oxygen atoms in total. The predicted molar refractivity (Wildman–Crippen MR) is 144 cm³/mol. The number of hydrazone groups is 1. The molecule has 0 fully saturated rings. The summed E-state index contributed by atoms with van der Waals surface area (Å²) in [6.45, 7) is 0. The van der Waals surface area contributed by atoms with Crippen LogP contribution in [0.15, 0.2) is 102 Å². The van der Waals surface area contributed by atoms with E-state index < -0.39 is 11.9 Å². The second-order valence-corrected chi connectivity index (χ2v) is 8.78. The van der Waals surface area contributed by atoms with Gasteiger partial charge in [0.1, 0.15) is 5.75 Å². The summed E-state index contributed by atoms with van der Waals surface area (Å²) in [6, 6.07) is 28.9. The number of halogens is 2. The molecular weight excluding hydrogens is 495 g/mol. The van der Waals surface area contributed by atoms with Crippen molar-refractivity contribution in [2.24, 2.45) is 5.10 Å². The van der Waals surface area contributed by atoms with Crippen LogP contribution in [0.1, 0.15) is 26.3 Å². The number of benzene rings is 5. The van der Waals surface area contributed by atoms with Crippen LogP contribution < -0.4 is 10.2 Å². The average Bonchev–Trinajstić information content (AvgIpc) is 2.89. The van der Waals surface area contributed by atoms with Gasteiger partial charge in [-0.3, -0.25) is 4.79 Å². The van der Waals surface area contributed by atoms with E-state index in [4.69, 9.17) is 27.9 Å². The molecule has 5 rings (SSSR count). The van der Waals surface area contributed by atoms with E-state index in [-0.39, 0.29) is 10.6 Å². The fraction of sp³-hybridized carbons (Fsp3) is 0. The lowest BCUT2D eigenvalue weighted by Gasteiger charge is -2.12. The van der Waals surface area contributed by atoms with Crippen LogP contribution in [-0.4, -0.2) is 18.1 Å². The molecule has 0 unspecified atom stereocenters. The Balaban J connectivity index is 1.47. The fourth-order valence-corrected chi connectivity index (χ4v) is 4.44. The van der Waals surface area contributed by atoms with E-state index in [0.717, 1.165) is 21.5 Å². The van der Waals surface area contributed by atoms with Crippen LogP contribution in [0.5, 0.6) is 5.75 Å². The molecule has 0 heterocycles. The van der Waals surface area contributed by atoms with E-state index in [1.165, 1.54) is 18.3 Å². The van der Waals surface area contributed by atoms with Crippen molar-refractivity contribution in [2.75, 3.05) is 0 Å². The van der Waals surface area contributed by atoms with Gasteiger partial charge in [0, 0.05) is 10.6 Å². The van der Waals surface area contributed by atoms with Gasteiger partial charge in [-0.25, -0.2) is 10.2 Å². The number of esters is 1. The molecule has 5 aromatic carbocycles. The Hall–Kier alpha value is -4.19. The molecule has 1 amide bonds. The van der Waals surface area contributed by atoms with Gasteiger partial charge in [0.15, 0.2) is 0 Å². The molecule has 5 aromatic rings. The average molecular weight is 513 g/mol. The van der Waals surface area contributed by atoms with Crippen molar-refractivity contribution < 1.29 is 14.3 Å². The summed E-state index contributed by atoms with van der Waals surface area (Å²) in [4.78, 5) is 25.8. The smallest absolute Gasteiger partial charge is 0.344 e. The van der Waals surface area contributed by atoms with Crippen molar-refractivity contribution in [1.29, 1.82) is 0 Å². The maximum atomic E-state index is 13.2. The van der Waals surface area contributed by atoms with Crippen LogP contribution in [0.4, 0.5) is 0 Å². The van der Waals surface area contributed by atoms with E-state index in [2.05, 4.69) is 10.5 Å². The lowest BCUT2D eigenvalue weighted by Crippen LogP contribution is -2.18. The summed E-state index contributed by atoms with van der Waals surface area (Å²) < 4.78 is 5.84. The predicted octanol–water partition coefficient (Wildman–Crippen LogP) is 7.28. The molecule has 0 aliphatic carbocycles. The molecule has 0 spiro atoms. The highest BCUT2D eigenvalue weighted by Gasteiger charge is 2.16. The first-order chi connectivity index (χ1) is 17.5. The number of carbonyl (C=O) groups is 2. The van der Waals surface area contributed by atoms with E-state index >= 15 is 0 Å². The number of hydrogen-bond acceptors (Lipinski definition) is 4. The summed E-state index contributed by atoms with van der Waals surface area (Å²) in [5.74, 6) is -0.676. The Labute approximate surface area is 216 Å². The number of rotatable bonds is 5. The summed E-state index contributed by atoms with van der Waals surface area (Å²) in [5, 5.41) is 8.23. The molecule has 0 aliphatic heterocycles. The number of fused-ring (bicyclic) bond motifs is 2. The molecule has 0 saturated heterocycles. The fourth-order valence-electron chi connectivity index (χ4n) is 3.95. The molecule has 0 aromatic heterocycles. The van der Waals surface area contributed by atoms with Crippen molar-refractivity contribution in [3.63, 3.8) is 0 Å². The number of nitrogens with one attached hydrogen (secondary N) is 1. The zero-order valence-corrected chi connectivity index (χ0v) is 20.3. The molecule has 36 heavy (non-hydrogen) atoms. The first kappa shape index (κ1) is 23.5. The molecule has 0 saturated carbocycles. The van der Waals surface area contributed by atoms with Crippen LogP contribution in [0, 0.1) is 0 Å².